The van der Waals surface area contributed by atoms with Crippen molar-refractivity contribution < 1.29 is 18.7 Å². The van der Waals surface area contributed by atoms with Gasteiger partial charge in [0.05, 0.1) is 19.4 Å². The second-order valence-electron chi connectivity index (χ2n) is 8.06. The first-order chi connectivity index (χ1) is 16.0. The summed E-state index contributed by atoms with van der Waals surface area (Å²) in [6, 6.07) is 15.2. The van der Waals surface area contributed by atoms with Crippen molar-refractivity contribution in [2.45, 2.75) is 32.9 Å². The van der Waals surface area contributed by atoms with E-state index in [2.05, 4.69) is 6.92 Å². The second kappa shape index (κ2) is 12.1. The van der Waals surface area contributed by atoms with Crippen molar-refractivity contribution in [2.75, 3.05) is 26.8 Å². The van der Waals surface area contributed by atoms with E-state index in [-0.39, 0.29) is 18.4 Å². The first-order valence-electron chi connectivity index (χ1n) is 11.3. The molecule has 0 fully saturated rings. The van der Waals surface area contributed by atoms with E-state index in [1.54, 1.807) is 29.2 Å². The van der Waals surface area contributed by atoms with Crippen molar-refractivity contribution in [1.82, 2.24) is 14.4 Å². The number of rotatable bonds is 12. The number of furan rings is 1. The molecule has 0 saturated heterocycles. The van der Waals surface area contributed by atoms with Crippen LogP contribution in [0.4, 0.5) is 0 Å². The van der Waals surface area contributed by atoms with Crippen LogP contribution in [0.5, 0.6) is 0 Å². The molecular weight excluding hydrogens is 418 g/mol. The lowest BCUT2D eigenvalue weighted by Crippen LogP contribution is -2.43. The van der Waals surface area contributed by atoms with Crippen LogP contribution < -0.4 is 0 Å². The van der Waals surface area contributed by atoms with Gasteiger partial charge in [-0.1, -0.05) is 19.1 Å². The van der Waals surface area contributed by atoms with Crippen molar-refractivity contribution in [3.63, 3.8) is 0 Å². The third-order valence-corrected chi connectivity index (χ3v) is 5.68. The third-order valence-electron chi connectivity index (χ3n) is 5.68. The average Bonchev–Trinajstić information content (AvgIpc) is 3.49. The monoisotopic (exact) mass is 451 g/mol. The molecular formula is C26H33N3O4. The zero-order valence-electron chi connectivity index (χ0n) is 19.7. The lowest BCUT2D eigenvalue weighted by molar-refractivity contribution is -0.133. The van der Waals surface area contributed by atoms with Crippen LogP contribution in [0.2, 0.25) is 0 Å². The van der Waals surface area contributed by atoms with Gasteiger partial charge in [-0.2, -0.15) is 0 Å². The Kier molecular flexibility index (Phi) is 8.89. The van der Waals surface area contributed by atoms with Gasteiger partial charge in [-0.05, 0) is 54.8 Å². The van der Waals surface area contributed by atoms with Crippen LogP contribution in [0, 0.1) is 0 Å². The molecule has 0 bridgehead atoms. The van der Waals surface area contributed by atoms with Crippen molar-refractivity contribution in [3.8, 4) is 0 Å². The van der Waals surface area contributed by atoms with Crippen molar-refractivity contribution in [1.29, 1.82) is 0 Å². The van der Waals surface area contributed by atoms with Crippen molar-refractivity contribution in [2.24, 2.45) is 7.05 Å². The Labute approximate surface area is 195 Å². The predicted molar refractivity (Wildman–Crippen MR) is 127 cm³/mol. The summed E-state index contributed by atoms with van der Waals surface area (Å²) in [6.45, 7) is 3.78. The molecule has 0 aliphatic heterocycles. The summed E-state index contributed by atoms with van der Waals surface area (Å²) < 4.78 is 12.6. The summed E-state index contributed by atoms with van der Waals surface area (Å²) in [6.07, 6.45) is 5.11. The Hall–Kier alpha value is -3.32. The van der Waals surface area contributed by atoms with Crippen molar-refractivity contribution in [3.05, 3.63) is 83.6 Å². The number of nitrogens with zero attached hydrogens (tertiary/aromatic N) is 3. The van der Waals surface area contributed by atoms with E-state index >= 15 is 0 Å². The van der Waals surface area contributed by atoms with Gasteiger partial charge in [0, 0.05) is 44.8 Å². The maximum Gasteiger partial charge on any atom is 0.254 e. The molecule has 0 radical (unpaired) electrons. The largest absolute Gasteiger partial charge is 0.467 e. The van der Waals surface area contributed by atoms with Crippen LogP contribution in [0.25, 0.3) is 0 Å². The van der Waals surface area contributed by atoms with Gasteiger partial charge in [-0.15, -0.1) is 0 Å². The molecule has 33 heavy (non-hydrogen) atoms. The molecule has 0 aliphatic rings. The molecule has 0 spiro atoms. The molecule has 0 aliphatic carbocycles. The van der Waals surface area contributed by atoms with Crippen LogP contribution in [-0.4, -0.2) is 53.0 Å². The summed E-state index contributed by atoms with van der Waals surface area (Å²) >= 11 is 0. The Balaban J connectivity index is 1.78. The number of aromatic nitrogens is 1. The zero-order valence-corrected chi connectivity index (χ0v) is 19.7. The summed E-state index contributed by atoms with van der Waals surface area (Å²) in [4.78, 5) is 30.1. The second-order valence-corrected chi connectivity index (χ2v) is 8.06. The standard InChI is InChI=1S/C26H33N3O4/c1-4-21-10-12-22(13-11-21)26(31)28(15-7-16-32-3)20-25(30)29(19-24-9-6-17-33-24)18-23-8-5-14-27(23)2/h5-6,8-14,17H,4,7,15-16,18-20H2,1-3H3. The highest BCUT2D eigenvalue weighted by atomic mass is 16.5. The summed E-state index contributed by atoms with van der Waals surface area (Å²) in [7, 11) is 3.58. The summed E-state index contributed by atoms with van der Waals surface area (Å²) in [5, 5.41) is 0. The fraction of sp³-hybridized carbons (Fsp3) is 0.385. The zero-order chi connectivity index (χ0) is 23.6. The third kappa shape index (κ3) is 6.83. The van der Waals surface area contributed by atoms with Gasteiger partial charge in [-0.25, -0.2) is 0 Å². The van der Waals surface area contributed by atoms with Crippen LogP contribution in [-0.2, 0) is 36.1 Å². The minimum Gasteiger partial charge on any atom is -0.467 e. The summed E-state index contributed by atoms with van der Waals surface area (Å²) in [5.74, 6) is 0.410. The Morgan fingerprint density at radius 1 is 1.03 bits per heavy atom. The fourth-order valence-corrected chi connectivity index (χ4v) is 3.66. The number of benzene rings is 1. The number of hydrogen-bond acceptors (Lipinski definition) is 4. The molecule has 3 aromatic rings. The number of carbonyl (C=O) groups excluding carboxylic acids is 2. The van der Waals surface area contributed by atoms with E-state index in [0.29, 0.717) is 44.0 Å². The minimum absolute atomic E-state index is 0.0107. The number of hydrogen-bond donors (Lipinski definition) is 0. The number of amides is 2. The van der Waals surface area contributed by atoms with Gasteiger partial charge in [0.15, 0.2) is 0 Å². The molecule has 0 saturated carbocycles. The number of carbonyl (C=O) groups is 2. The van der Waals surface area contributed by atoms with Gasteiger partial charge >= 0.3 is 0 Å². The van der Waals surface area contributed by atoms with E-state index in [9.17, 15) is 9.59 Å². The summed E-state index contributed by atoms with van der Waals surface area (Å²) in [5.41, 5.74) is 2.75. The van der Waals surface area contributed by atoms with Crippen LogP contribution in [0.1, 0.15) is 40.7 Å². The van der Waals surface area contributed by atoms with Gasteiger partial charge in [-0.3, -0.25) is 9.59 Å². The highest BCUT2D eigenvalue weighted by Gasteiger charge is 2.23. The van der Waals surface area contributed by atoms with E-state index in [1.807, 2.05) is 60.3 Å². The van der Waals surface area contributed by atoms with Crippen LogP contribution in [0.3, 0.4) is 0 Å². The average molecular weight is 452 g/mol. The number of methoxy groups -OCH3 is 1. The predicted octanol–water partition coefficient (Wildman–Crippen LogP) is 3.89. The maximum absolute atomic E-state index is 13.4. The topological polar surface area (TPSA) is 67.9 Å². The first-order valence-corrected chi connectivity index (χ1v) is 11.3. The van der Waals surface area contributed by atoms with Crippen LogP contribution in [0.15, 0.2) is 65.4 Å². The highest BCUT2D eigenvalue weighted by Crippen LogP contribution is 2.14. The highest BCUT2D eigenvalue weighted by molar-refractivity contribution is 5.96. The normalized spacial score (nSPS) is 10.9. The Bertz CT molecular complexity index is 1010. The van der Waals surface area contributed by atoms with E-state index in [0.717, 1.165) is 12.1 Å². The first kappa shape index (κ1) is 24.3. The fourth-order valence-electron chi connectivity index (χ4n) is 3.66. The van der Waals surface area contributed by atoms with Gasteiger partial charge in [0.25, 0.3) is 5.91 Å². The molecule has 2 aromatic heterocycles. The Morgan fingerprint density at radius 2 is 1.82 bits per heavy atom. The van der Waals surface area contributed by atoms with Gasteiger partial charge in [0.2, 0.25) is 5.91 Å². The molecule has 2 heterocycles. The molecule has 7 nitrogen and oxygen atoms in total. The van der Waals surface area contributed by atoms with Gasteiger partial charge in [0.1, 0.15) is 12.3 Å². The SMILES string of the molecule is CCc1ccc(C(=O)N(CCCOC)CC(=O)N(Cc2ccco2)Cc2cccn2C)cc1. The lowest BCUT2D eigenvalue weighted by Gasteiger charge is -2.27. The van der Waals surface area contributed by atoms with Crippen LogP contribution >= 0.6 is 0 Å². The minimum atomic E-state index is -0.154. The van der Waals surface area contributed by atoms with E-state index in [1.165, 1.54) is 5.56 Å². The molecule has 3 rings (SSSR count). The molecule has 0 unspecified atom stereocenters. The number of ether oxygens (including phenoxy) is 1. The molecule has 0 atom stereocenters. The molecule has 1 aromatic carbocycles. The van der Waals surface area contributed by atoms with E-state index in [4.69, 9.17) is 9.15 Å². The van der Waals surface area contributed by atoms with E-state index < -0.39 is 0 Å². The quantitative estimate of drug-likeness (QED) is 0.392. The molecule has 7 heteroatoms. The maximum atomic E-state index is 13.4. The Morgan fingerprint density at radius 3 is 2.42 bits per heavy atom. The lowest BCUT2D eigenvalue weighted by atomic mass is 10.1. The smallest absolute Gasteiger partial charge is 0.254 e. The molecule has 2 amide bonds. The molecule has 176 valence electrons. The molecule has 0 N–H and O–H groups in total. The number of aryl methyl sites for hydroxylation is 2. The van der Waals surface area contributed by atoms with Gasteiger partial charge < -0.3 is 23.5 Å². The van der Waals surface area contributed by atoms with Crippen molar-refractivity contribution >= 4 is 11.8 Å².